The van der Waals surface area contributed by atoms with Crippen LogP contribution in [0.25, 0.3) is 5.69 Å². The zero-order valence-electron chi connectivity index (χ0n) is 17.6. The number of nitrogens with zero attached hydrogens (tertiary/aromatic N) is 4. The fourth-order valence-corrected chi connectivity index (χ4v) is 3.76. The maximum Gasteiger partial charge on any atom is 0.272 e. The smallest absolute Gasteiger partial charge is 0.272 e. The molecule has 1 aliphatic rings. The van der Waals surface area contributed by atoms with Crippen molar-refractivity contribution in [1.29, 1.82) is 0 Å². The Hall–Kier alpha value is -3.19. The van der Waals surface area contributed by atoms with Crippen molar-refractivity contribution in [3.05, 3.63) is 71.7 Å². The second-order valence-electron chi connectivity index (χ2n) is 7.79. The van der Waals surface area contributed by atoms with E-state index >= 15 is 0 Å². The van der Waals surface area contributed by atoms with E-state index in [2.05, 4.69) is 34.1 Å². The molecule has 0 bridgehead atoms. The molecule has 4 rings (SSSR count). The summed E-state index contributed by atoms with van der Waals surface area (Å²) >= 11 is 0. The number of para-hydroxylation sites is 1. The number of ether oxygens (including phenoxy) is 1. The van der Waals surface area contributed by atoms with Crippen molar-refractivity contribution in [3.63, 3.8) is 0 Å². The van der Waals surface area contributed by atoms with E-state index in [1.54, 1.807) is 10.7 Å². The van der Waals surface area contributed by atoms with Crippen molar-refractivity contribution in [2.24, 2.45) is 0 Å². The molecule has 7 nitrogen and oxygen atoms in total. The van der Waals surface area contributed by atoms with Crippen molar-refractivity contribution in [3.8, 4) is 5.69 Å². The van der Waals surface area contributed by atoms with Crippen LogP contribution in [0.15, 0.2) is 54.7 Å². The van der Waals surface area contributed by atoms with Crippen molar-refractivity contribution < 1.29 is 9.53 Å². The third kappa shape index (κ3) is 4.52. The molecule has 0 radical (unpaired) electrons. The van der Waals surface area contributed by atoms with Gasteiger partial charge in [0, 0.05) is 31.5 Å². The van der Waals surface area contributed by atoms with Gasteiger partial charge in [-0.3, -0.25) is 4.79 Å². The van der Waals surface area contributed by atoms with Gasteiger partial charge >= 0.3 is 0 Å². The molecular weight excluding hydrogens is 378 g/mol. The Morgan fingerprint density at radius 1 is 1.13 bits per heavy atom. The Kier molecular flexibility index (Phi) is 5.81. The van der Waals surface area contributed by atoms with Gasteiger partial charge in [0.25, 0.3) is 5.91 Å². The van der Waals surface area contributed by atoms with Gasteiger partial charge in [-0.2, -0.15) is 5.10 Å². The number of hydrogen-bond donors (Lipinski definition) is 1. The first-order valence-corrected chi connectivity index (χ1v) is 10.2. The van der Waals surface area contributed by atoms with Crippen LogP contribution in [0, 0.1) is 6.92 Å². The molecule has 1 fully saturated rings. The molecule has 0 saturated carbocycles. The number of hydrogen-bond acceptors (Lipinski definition) is 5. The highest BCUT2D eigenvalue weighted by Crippen LogP contribution is 2.18. The highest BCUT2D eigenvalue weighted by molar-refractivity contribution is 5.92. The Bertz CT molecular complexity index is 990. The van der Waals surface area contributed by atoms with Crippen LogP contribution in [0.4, 0.5) is 5.82 Å². The van der Waals surface area contributed by atoms with E-state index in [4.69, 9.17) is 4.74 Å². The summed E-state index contributed by atoms with van der Waals surface area (Å²) in [5.41, 5.74) is 3.19. The van der Waals surface area contributed by atoms with E-state index in [-0.39, 0.29) is 18.1 Å². The third-order valence-electron chi connectivity index (χ3n) is 5.13. The predicted octanol–water partition coefficient (Wildman–Crippen LogP) is 3.12. The summed E-state index contributed by atoms with van der Waals surface area (Å²) in [6, 6.07) is 15.6. The highest BCUT2D eigenvalue weighted by atomic mass is 16.5. The zero-order chi connectivity index (χ0) is 21.1. The van der Waals surface area contributed by atoms with E-state index in [0.29, 0.717) is 12.2 Å². The van der Waals surface area contributed by atoms with Crippen LogP contribution in [0.5, 0.6) is 0 Å². The summed E-state index contributed by atoms with van der Waals surface area (Å²) in [5.74, 6) is 0.733. The van der Waals surface area contributed by atoms with Gasteiger partial charge in [-0.1, -0.05) is 24.3 Å². The number of amides is 1. The minimum atomic E-state index is -0.201. The number of carbonyl (C=O) groups is 1. The minimum Gasteiger partial charge on any atom is -0.372 e. The van der Waals surface area contributed by atoms with Crippen LogP contribution in [0.3, 0.4) is 0 Å². The fraction of sp³-hybridized carbons (Fsp3) is 0.348. The fourth-order valence-electron chi connectivity index (χ4n) is 3.76. The van der Waals surface area contributed by atoms with E-state index in [1.807, 2.05) is 55.6 Å². The van der Waals surface area contributed by atoms with Gasteiger partial charge in [-0.15, -0.1) is 0 Å². The first-order valence-electron chi connectivity index (χ1n) is 10.2. The average molecular weight is 406 g/mol. The van der Waals surface area contributed by atoms with Crippen LogP contribution in [-0.4, -0.2) is 46.0 Å². The van der Waals surface area contributed by atoms with Gasteiger partial charge < -0.3 is 15.0 Å². The largest absolute Gasteiger partial charge is 0.372 e. The summed E-state index contributed by atoms with van der Waals surface area (Å²) in [6.07, 6.45) is 2.19. The summed E-state index contributed by atoms with van der Waals surface area (Å²) in [4.78, 5) is 19.4. The molecule has 1 N–H and O–H groups in total. The molecule has 30 heavy (non-hydrogen) atoms. The Labute approximate surface area is 176 Å². The standard InChI is InChI=1S/C23H27N5O2/c1-16-11-21(26-28(16)20-7-5-4-6-8-20)23(29)25-13-19-9-10-22(24-12-19)27-14-17(2)30-18(3)15-27/h4-12,17-18H,13-15H2,1-3H3,(H,25,29). The van der Waals surface area contributed by atoms with E-state index < -0.39 is 0 Å². The average Bonchev–Trinajstić information content (AvgIpc) is 3.14. The van der Waals surface area contributed by atoms with E-state index in [9.17, 15) is 4.79 Å². The summed E-state index contributed by atoms with van der Waals surface area (Å²) in [7, 11) is 0. The van der Waals surface area contributed by atoms with Gasteiger partial charge in [0.05, 0.1) is 17.9 Å². The molecule has 1 amide bonds. The number of aryl methyl sites for hydroxylation is 1. The third-order valence-corrected chi connectivity index (χ3v) is 5.13. The topological polar surface area (TPSA) is 72.3 Å². The van der Waals surface area contributed by atoms with Gasteiger partial charge in [-0.25, -0.2) is 9.67 Å². The van der Waals surface area contributed by atoms with Crippen molar-refractivity contribution in [2.75, 3.05) is 18.0 Å². The number of benzene rings is 1. The van der Waals surface area contributed by atoms with Crippen LogP contribution in [0.2, 0.25) is 0 Å². The number of pyridine rings is 1. The molecule has 1 aliphatic heterocycles. The van der Waals surface area contributed by atoms with Gasteiger partial charge in [0.1, 0.15) is 5.82 Å². The molecule has 3 heterocycles. The maximum atomic E-state index is 12.6. The SMILES string of the molecule is Cc1cc(C(=O)NCc2ccc(N3CC(C)OC(C)C3)nc2)nn1-c1ccccc1. The van der Waals surface area contributed by atoms with Crippen LogP contribution in [-0.2, 0) is 11.3 Å². The lowest BCUT2D eigenvalue weighted by Gasteiger charge is -2.36. The second-order valence-corrected chi connectivity index (χ2v) is 7.79. The van der Waals surface area contributed by atoms with Crippen LogP contribution in [0.1, 0.15) is 35.6 Å². The lowest BCUT2D eigenvalue weighted by atomic mass is 10.2. The summed E-state index contributed by atoms with van der Waals surface area (Å²) < 4.78 is 7.56. The lowest BCUT2D eigenvalue weighted by Crippen LogP contribution is -2.45. The molecule has 156 valence electrons. The first kappa shape index (κ1) is 20.1. The maximum absolute atomic E-state index is 12.6. The number of morpholine rings is 1. The number of aromatic nitrogens is 3. The normalized spacial score (nSPS) is 19.0. The number of nitrogens with one attached hydrogen (secondary N) is 1. The molecule has 1 saturated heterocycles. The molecule has 3 aromatic rings. The Balaban J connectivity index is 1.37. The molecule has 2 aromatic heterocycles. The number of rotatable bonds is 5. The van der Waals surface area contributed by atoms with Crippen molar-refractivity contribution in [1.82, 2.24) is 20.1 Å². The van der Waals surface area contributed by atoms with E-state index in [1.165, 1.54) is 0 Å². The van der Waals surface area contributed by atoms with Gasteiger partial charge in [-0.05, 0) is 50.6 Å². The molecular formula is C23H27N5O2. The number of anilines is 1. The highest BCUT2D eigenvalue weighted by Gasteiger charge is 2.23. The van der Waals surface area contributed by atoms with Gasteiger partial charge in [0.2, 0.25) is 0 Å². The molecule has 0 spiro atoms. The molecule has 2 unspecified atom stereocenters. The lowest BCUT2D eigenvalue weighted by molar-refractivity contribution is -0.00546. The summed E-state index contributed by atoms with van der Waals surface area (Å²) in [6.45, 7) is 8.15. The van der Waals surface area contributed by atoms with Gasteiger partial charge in [0.15, 0.2) is 5.69 Å². The summed E-state index contributed by atoms with van der Waals surface area (Å²) in [5, 5.41) is 7.38. The van der Waals surface area contributed by atoms with Crippen molar-refractivity contribution >= 4 is 11.7 Å². The quantitative estimate of drug-likeness (QED) is 0.706. The Morgan fingerprint density at radius 2 is 1.87 bits per heavy atom. The first-order chi connectivity index (χ1) is 14.5. The minimum absolute atomic E-state index is 0.189. The molecule has 2 atom stereocenters. The zero-order valence-corrected chi connectivity index (χ0v) is 17.6. The number of carbonyl (C=O) groups excluding carboxylic acids is 1. The second kappa shape index (κ2) is 8.67. The van der Waals surface area contributed by atoms with E-state index in [0.717, 1.165) is 35.9 Å². The Morgan fingerprint density at radius 3 is 2.53 bits per heavy atom. The molecule has 1 aromatic carbocycles. The molecule has 7 heteroatoms. The predicted molar refractivity (Wildman–Crippen MR) is 116 cm³/mol. The van der Waals surface area contributed by atoms with Crippen molar-refractivity contribution in [2.45, 2.75) is 39.5 Å². The monoisotopic (exact) mass is 405 g/mol. The molecule has 0 aliphatic carbocycles. The van der Waals surface area contributed by atoms with Crippen LogP contribution >= 0.6 is 0 Å². The van der Waals surface area contributed by atoms with Crippen LogP contribution < -0.4 is 10.2 Å².